The molecule has 3 saturated heterocycles. The molecule has 3 rings (SSSR count). The van der Waals surface area contributed by atoms with Gasteiger partial charge in [0.1, 0.15) is 13.1 Å². The largest absolute Gasteiger partial charge is 0.304 e. The molecule has 3 fully saturated rings. The Balaban J connectivity index is 1.50. The molecule has 0 aromatic carbocycles. The Morgan fingerprint density at radius 3 is 1.29 bits per heavy atom. The van der Waals surface area contributed by atoms with Gasteiger partial charge in [-0.2, -0.15) is 0 Å². The van der Waals surface area contributed by atoms with E-state index in [1.807, 2.05) is 23.9 Å². The Morgan fingerprint density at radius 2 is 0.964 bits per heavy atom. The SMILES string of the molecule is CN1CCN(CC(=O)N2CC(=O)N(C(=O)CN3CCN(C)CC3)CC2=O)CC1. The minimum Gasteiger partial charge on any atom is -0.304 e. The molecule has 10 nitrogen and oxygen atoms in total. The molecule has 0 aliphatic carbocycles. The van der Waals surface area contributed by atoms with Crippen LogP contribution in [0.5, 0.6) is 0 Å². The molecule has 4 amide bonds. The fourth-order valence-electron chi connectivity index (χ4n) is 3.64. The lowest BCUT2D eigenvalue weighted by Crippen LogP contribution is -2.60. The number of carbonyl (C=O) groups is 4. The summed E-state index contributed by atoms with van der Waals surface area (Å²) in [4.78, 5) is 60.2. The number of carbonyl (C=O) groups excluding carboxylic acids is 4. The van der Waals surface area contributed by atoms with E-state index in [9.17, 15) is 19.2 Å². The number of nitrogens with zero attached hydrogens (tertiary/aromatic N) is 6. The molecule has 3 aliphatic heterocycles. The van der Waals surface area contributed by atoms with Crippen molar-refractivity contribution < 1.29 is 19.2 Å². The van der Waals surface area contributed by atoms with E-state index in [1.165, 1.54) is 0 Å². The zero-order chi connectivity index (χ0) is 20.3. The van der Waals surface area contributed by atoms with Crippen LogP contribution in [0.3, 0.4) is 0 Å². The summed E-state index contributed by atoms with van der Waals surface area (Å²) in [7, 11) is 4.06. The van der Waals surface area contributed by atoms with Crippen molar-refractivity contribution in [1.29, 1.82) is 0 Å². The molecule has 156 valence electrons. The number of piperazine rings is 3. The molecular formula is C18H30N6O4. The second-order valence-corrected chi connectivity index (χ2v) is 7.91. The summed E-state index contributed by atoms with van der Waals surface area (Å²) in [6.45, 7) is 6.07. The van der Waals surface area contributed by atoms with E-state index in [0.29, 0.717) is 0 Å². The molecule has 0 aromatic rings. The third-order valence-electron chi connectivity index (χ3n) is 5.70. The maximum absolute atomic E-state index is 12.5. The fourth-order valence-corrected chi connectivity index (χ4v) is 3.64. The fraction of sp³-hybridized carbons (Fsp3) is 0.778. The molecule has 3 heterocycles. The Bertz CT molecular complexity index is 572. The van der Waals surface area contributed by atoms with Crippen LogP contribution >= 0.6 is 0 Å². The molecule has 0 N–H and O–H groups in total. The highest BCUT2D eigenvalue weighted by atomic mass is 16.2. The summed E-state index contributed by atoms with van der Waals surface area (Å²) in [5.41, 5.74) is 0. The lowest BCUT2D eigenvalue weighted by molar-refractivity contribution is -0.163. The molecule has 0 aromatic heterocycles. The number of likely N-dealkylation sites (N-methyl/N-ethyl adjacent to an activating group) is 2. The van der Waals surface area contributed by atoms with Crippen LogP contribution in [0.1, 0.15) is 0 Å². The Morgan fingerprint density at radius 1 is 0.643 bits per heavy atom. The predicted octanol–water partition coefficient (Wildman–Crippen LogP) is -2.79. The Labute approximate surface area is 165 Å². The lowest BCUT2D eigenvalue weighted by Gasteiger charge is -2.36. The maximum atomic E-state index is 12.5. The number of imide groups is 2. The highest BCUT2D eigenvalue weighted by Gasteiger charge is 2.37. The Kier molecular flexibility index (Phi) is 6.76. The van der Waals surface area contributed by atoms with Gasteiger partial charge in [-0.3, -0.25) is 38.8 Å². The molecule has 0 saturated carbocycles. The van der Waals surface area contributed by atoms with Gasteiger partial charge in [0.15, 0.2) is 0 Å². The zero-order valence-electron chi connectivity index (χ0n) is 16.8. The van der Waals surface area contributed by atoms with Crippen molar-refractivity contribution in [3.05, 3.63) is 0 Å². The zero-order valence-corrected chi connectivity index (χ0v) is 16.8. The van der Waals surface area contributed by atoms with Crippen molar-refractivity contribution >= 4 is 23.6 Å². The van der Waals surface area contributed by atoms with Crippen LogP contribution in [0.15, 0.2) is 0 Å². The first-order valence-electron chi connectivity index (χ1n) is 9.81. The predicted molar refractivity (Wildman–Crippen MR) is 101 cm³/mol. The van der Waals surface area contributed by atoms with Crippen LogP contribution < -0.4 is 0 Å². The van der Waals surface area contributed by atoms with E-state index in [4.69, 9.17) is 0 Å². The van der Waals surface area contributed by atoms with E-state index < -0.39 is 11.8 Å². The van der Waals surface area contributed by atoms with E-state index in [-0.39, 0.29) is 38.0 Å². The van der Waals surface area contributed by atoms with Crippen molar-refractivity contribution in [2.75, 3.05) is 92.6 Å². The van der Waals surface area contributed by atoms with Crippen LogP contribution in [0, 0.1) is 0 Å². The molecular weight excluding hydrogens is 364 g/mol. The highest BCUT2D eigenvalue weighted by Crippen LogP contribution is 2.09. The van der Waals surface area contributed by atoms with Gasteiger partial charge in [-0.15, -0.1) is 0 Å². The second kappa shape index (κ2) is 9.08. The summed E-state index contributed by atoms with van der Waals surface area (Å²) in [6.07, 6.45) is 0. The van der Waals surface area contributed by atoms with Gasteiger partial charge >= 0.3 is 0 Å². The van der Waals surface area contributed by atoms with Gasteiger partial charge in [0.25, 0.3) is 0 Å². The minimum atomic E-state index is -0.481. The molecule has 10 heteroatoms. The number of amides is 4. The van der Waals surface area contributed by atoms with E-state index >= 15 is 0 Å². The highest BCUT2D eigenvalue weighted by molar-refractivity contribution is 6.09. The van der Waals surface area contributed by atoms with Crippen LogP contribution in [-0.4, -0.2) is 146 Å². The maximum Gasteiger partial charge on any atom is 0.249 e. The molecule has 3 aliphatic rings. The number of hydrogen-bond donors (Lipinski definition) is 0. The Hall–Kier alpha value is -1.88. The van der Waals surface area contributed by atoms with E-state index in [1.54, 1.807) is 0 Å². The van der Waals surface area contributed by atoms with Gasteiger partial charge in [0.05, 0.1) is 13.1 Å². The van der Waals surface area contributed by atoms with Crippen molar-refractivity contribution in [3.8, 4) is 0 Å². The topological polar surface area (TPSA) is 87.7 Å². The summed E-state index contributed by atoms with van der Waals surface area (Å²) in [6, 6.07) is 0. The molecule has 0 atom stereocenters. The van der Waals surface area contributed by atoms with Crippen molar-refractivity contribution in [1.82, 2.24) is 29.4 Å². The van der Waals surface area contributed by atoms with E-state index in [0.717, 1.165) is 62.2 Å². The smallest absolute Gasteiger partial charge is 0.249 e. The first kappa shape index (κ1) is 20.8. The number of hydrogen-bond acceptors (Lipinski definition) is 8. The third-order valence-corrected chi connectivity index (χ3v) is 5.70. The third kappa shape index (κ3) is 5.13. The normalized spacial score (nSPS) is 24.1. The molecule has 0 spiro atoms. The summed E-state index contributed by atoms with van der Waals surface area (Å²) < 4.78 is 0. The lowest BCUT2D eigenvalue weighted by atomic mass is 10.2. The molecule has 28 heavy (non-hydrogen) atoms. The molecule has 0 radical (unpaired) electrons. The van der Waals surface area contributed by atoms with Crippen LogP contribution in [-0.2, 0) is 19.2 Å². The van der Waals surface area contributed by atoms with E-state index in [2.05, 4.69) is 9.80 Å². The number of rotatable bonds is 4. The van der Waals surface area contributed by atoms with Crippen molar-refractivity contribution in [2.24, 2.45) is 0 Å². The van der Waals surface area contributed by atoms with Gasteiger partial charge in [-0.1, -0.05) is 0 Å². The minimum absolute atomic E-state index is 0.127. The molecule has 0 bridgehead atoms. The first-order chi connectivity index (χ1) is 13.3. The summed E-state index contributed by atoms with van der Waals surface area (Å²) >= 11 is 0. The van der Waals surface area contributed by atoms with Gasteiger partial charge in [-0.05, 0) is 14.1 Å². The van der Waals surface area contributed by atoms with Gasteiger partial charge in [0.2, 0.25) is 23.6 Å². The molecule has 0 unspecified atom stereocenters. The van der Waals surface area contributed by atoms with Gasteiger partial charge in [-0.25, -0.2) is 0 Å². The van der Waals surface area contributed by atoms with Crippen molar-refractivity contribution in [3.63, 3.8) is 0 Å². The summed E-state index contributed by atoms with van der Waals surface area (Å²) in [5.74, 6) is -1.70. The monoisotopic (exact) mass is 394 g/mol. The standard InChI is InChI=1S/C18H30N6O4/c1-19-3-7-21(8-4-19)11-15(25)23-13-18(28)24(14-17(23)27)16(26)12-22-9-5-20(2)6-10-22/h3-14H2,1-2H3. The first-order valence-corrected chi connectivity index (χ1v) is 9.81. The quantitative estimate of drug-likeness (QED) is 0.506. The summed E-state index contributed by atoms with van der Waals surface area (Å²) in [5, 5.41) is 0. The van der Waals surface area contributed by atoms with Gasteiger partial charge in [0, 0.05) is 52.4 Å². The average Bonchev–Trinajstić information content (AvgIpc) is 2.66. The van der Waals surface area contributed by atoms with Crippen molar-refractivity contribution in [2.45, 2.75) is 0 Å². The van der Waals surface area contributed by atoms with Crippen LogP contribution in [0.25, 0.3) is 0 Å². The van der Waals surface area contributed by atoms with Crippen LogP contribution in [0.4, 0.5) is 0 Å². The van der Waals surface area contributed by atoms with Gasteiger partial charge < -0.3 is 9.80 Å². The van der Waals surface area contributed by atoms with Crippen LogP contribution in [0.2, 0.25) is 0 Å². The second-order valence-electron chi connectivity index (χ2n) is 7.91. The average molecular weight is 394 g/mol.